The van der Waals surface area contributed by atoms with Crippen LogP contribution in [0.5, 0.6) is 0 Å². The van der Waals surface area contributed by atoms with Gasteiger partial charge in [0.15, 0.2) is 30.7 Å². The molecule has 1 N–H and O–H groups in total. The van der Waals surface area contributed by atoms with Gasteiger partial charge in [-0.1, -0.05) is 206 Å². The third kappa shape index (κ3) is 36.2. The van der Waals surface area contributed by atoms with Crippen molar-refractivity contribution in [3.05, 3.63) is 0 Å². The standard InChI is InChI=1S/C65H112N2O20/c1-10-12-14-16-18-20-22-24-26-28-30-32-34-36-38-40-42-67(43-41-39-37-35-33-31-29-27-25-23-21-19-17-15-13-11-2)56(75)44-66-65(76)87-64-62(83-53(9)74)60(81-51(7)72)58(55(85-64)46-78-48(4)69)86-63-61(82-52(8)73)59(80-50(6)71)57(79-49(5)70)54(84-63)45-77-47(3)68/h54-55,57-64H,10-46H2,1-9H3,(H,66,76)/t54-,55-,57+,58-,59+,60+,61-,62-,63+,64+/m1/s1. The highest BCUT2D eigenvalue weighted by molar-refractivity contribution is 5.82. The molecule has 87 heavy (non-hydrogen) atoms. The van der Waals surface area contributed by atoms with E-state index in [0.29, 0.717) is 13.1 Å². The molecule has 2 saturated heterocycles. The number of hydrogen-bond donors (Lipinski definition) is 1. The summed E-state index contributed by atoms with van der Waals surface area (Å²) in [6.45, 7) is 11.1. The van der Waals surface area contributed by atoms with Gasteiger partial charge in [-0.2, -0.15) is 0 Å². The largest absolute Gasteiger partial charge is 0.463 e. The van der Waals surface area contributed by atoms with Gasteiger partial charge in [-0.15, -0.1) is 0 Å². The first kappa shape index (κ1) is 78.0. The maximum atomic E-state index is 14.0. The molecule has 502 valence electrons. The van der Waals surface area contributed by atoms with Crippen LogP contribution in [0.4, 0.5) is 4.79 Å². The van der Waals surface area contributed by atoms with Crippen molar-refractivity contribution in [3.8, 4) is 0 Å². The van der Waals surface area contributed by atoms with E-state index in [0.717, 1.165) is 99.8 Å². The van der Waals surface area contributed by atoms with Crippen LogP contribution >= 0.6 is 0 Å². The Labute approximate surface area is 519 Å². The predicted molar refractivity (Wildman–Crippen MR) is 323 cm³/mol. The number of amides is 2. The van der Waals surface area contributed by atoms with E-state index >= 15 is 0 Å². The van der Waals surface area contributed by atoms with E-state index in [1.54, 1.807) is 4.90 Å². The fraction of sp³-hybridized carbons (Fsp3) is 0.862. The maximum Gasteiger partial charge on any atom is 0.410 e. The lowest BCUT2D eigenvalue weighted by Gasteiger charge is -2.48. The molecule has 0 unspecified atom stereocenters. The Morgan fingerprint density at radius 2 is 0.621 bits per heavy atom. The Morgan fingerprint density at radius 1 is 0.333 bits per heavy atom. The van der Waals surface area contributed by atoms with Gasteiger partial charge >= 0.3 is 47.9 Å². The number of rotatable bonds is 48. The molecule has 0 aromatic heterocycles. The number of esters is 7. The van der Waals surface area contributed by atoms with Crippen LogP contribution in [0.3, 0.4) is 0 Å². The minimum Gasteiger partial charge on any atom is -0.463 e. The number of hydrogen-bond acceptors (Lipinski definition) is 20. The molecule has 10 atom stereocenters. The topological polar surface area (TPSA) is 270 Å². The number of nitrogens with one attached hydrogen (secondary N) is 1. The summed E-state index contributed by atoms with van der Waals surface area (Å²) in [7, 11) is 0. The van der Waals surface area contributed by atoms with Crippen molar-refractivity contribution in [2.24, 2.45) is 0 Å². The van der Waals surface area contributed by atoms with E-state index in [-0.39, 0.29) is 5.91 Å². The fourth-order valence-corrected chi connectivity index (χ4v) is 11.0. The molecular formula is C65H112N2O20. The molecule has 0 aliphatic carbocycles. The quantitative estimate of drug-likeness (QED) is 0.0337. The Morgan fingerprint density at radius 3 is 0.966 bits per heavy atom. The molecule has 22 nitrogen and oxygen atoms in total. The number of nitrogens with zero attached hydrogens (tertiary/aromatic N) is 1. The van der Waals surface area contributed by atoms with Crippen LogP contribution < -0.4 is 5.32 Å². The van der Waals surface area contributed by atoms with Gasteiger partial charge in [-0.3, -0.25) is 38.4 Å². The second-order valence-corrected chi connectivity index (χ2v) is 23.4. The highest BCUT2D eigenvalue weighted by atomic mass is 16.8. The second kappa shape index (κ2) is 47.9. The van der Waals surface area contributed by atoms with E-state index < -0.39 is 129 Å². The molecule has 2 fully saturated rings. The zero-order valence-electron chi connectivity index (χ0n) is 54.5. The molecule has 2 aliphatic rings. The Balaban J connectivity index is 2.25. The summed E-state index contributed by atoms with van der Waals surface area (Å²) in [5, 5.41) is 2.50. The van der Waals surface area contributed by atoms with Crippen molar-refractivity contribution < 1.29 is 95.3 Å². The van der Waals surface area contributed by atoms with Crippen LogP contribution in [-0.4, -0.2) is 153 Å². The number of carbonyl (C=O) groups is 9. The molecule has 0 radical (unpaired) electrons. The van der Waals surface area contributed by atoms with Gasteiger partial charge in [0.25, 0.3) is 0 Å². The van der Waals surface area contributed by atoms with Crippen molar-refractivity contribution in [1.29, 1.82) is 0 Å². The average molecular weight is 1240 g/mol. The van der Waals surface area contributed by atoms with E-state index in [9.17, 15) is 43.2 Å². The lowest BCUT2D eigenvalue weighted by Crippen LogP contribution is -2.67. The summed E-state index contributed by atoms with van der Waals surface area (Å²) in [6.07, 6.45) is 20.7. The number of unbranched alkanes of at least 4 members (excludes halogenated alkanes) is 30. The molecule has 2 rings (SSSR count). The number of ether oxygens (including phenoxy) is 11. The molecule has 0 aromatic rings. The lowest BCUT2D eigenvalue weighted by atomic mass is 9.96. The number of carbonyl (C=O) groups excluding carboxylic acids is 9. The van der Waals surface area contributed by atoms with Crippen LogP contribution in [0.15, 0.2) is 0 Å². The van der Waals surface area contributed by atoms with Gasteiger partial charge in [-0.05, 0) is 12.8 Å². The average Bonchev–Trinajstić information content (AvgIpc) is 0.949. The minimum atomic E-state index is -1.92. The van der Waals surface area contributed by atoms with Gasteiger partial charge in [0.1, 0.15) is 38.1 Å². The van der Waals surface area contributed by atoms with Gasteiger partial charge in [0, 0.05) is 61.6 Å². The highest BCUT2D eigenvalue weighted by Gasteiger charge is 2.58. The summed E-state index contributed by atoms with van der Waals surface area (Å²) < 4.78 is 62.9. The molecule has 0 bridgehead atoms. The molecule has 2 amide bonds. The van der Waals surface area contributed by atoms with Crippen LogP contribution in [0, 0.1) is 0 Å². The zero-order valence-corrected chi connectivity index (χ0v) is 54.5. The van der Waals surface area contributed by atoms with Gasteiger partial charge in [0.05, 0.1) is 0 Å². The smallest absolute Gasteiger partial charge is 0.410 e. The summed E-state index contributed by atoms with van der Waals surface area (Å²) >= 11 is 0. The van der Waals surface area contributed by atoms with E-state index in [1.165, 1.54) is 154 Å². The van der Waals surface area contributed by atoms with Crippen LogP contribution in [0.2, 0.25) is 0 Å². The van der Waals surface area contributed by atoms with Crippen molar-refractivity contribution in [1.82, 2.24) is 10.2 Å². The van der Waals surface area contributed by atoms with Gasteiger partial charge in [-0.25, -0.2) is 4.79 Å². The van der Waals surface area contributed by atoms with E-state index in [1.807, 2.05) is 0 Å². The number of alkyl carbamates (subject to hydrolysis) is 1. The summed E-state index contributed by atoms with van der Waals surface area (Å²) in [5.74, 6) is -6.63. The third-order valence-electron chi connectivity index (χ3n) is 15.4. The Bertz CT molecular complexity index is 1940. The first-order valence-electron chi connectivity index (χ1n) is 33.1. The highest BCUT2D eigenvalue weighted by Crippen LogP contribution is 2.36. The summed E-state index contributed by atoms with van der Waals surface area (Å²) in [6, 6.07) is 0. The molecule has 0 aromatic carbocycles. The Kier molecular flexibility index (Phi) is 42.9. The summed E-state index contributed by atoms with van der Waals surface area (Å²) in [5.41, 5.74) is 0. The predicted octanol–water partition coefficient (Wildman–Crippen LogP) is 11.7. The maximum absolute atomic E-state index is 14.0. The monoisotopic (exact) mass is 1240 g/mol. The zero-order chi connectivity index (χ0) is 64.2. The lowest BCUT2D eigenvalue weighted by molar-refractivity contribution is -0.356. The van der Waals surface area contributed by atoms with Crippen LogP contribution in [0.25, 0.3) is 0 Å². The Hall–Kier alpha value is -5.09. The molecule has 0 saturated carbocycles. The normalized spacial score (nSPS) is 21.6. The first-order valence-corrected chi connectivity index (χ1v) is 33.1. The van der Waals surface area contributed by atoms with E-state index in [2.05, 4.69) is 19.2 Å². The molecule has 22 heteroatoms. The molecule has 2 aliphatic heterocycles. The molecular weight excluding hydrogens is 1130 g/mol. The van der Waals surface area contributed by atoms with Crippen molar-refractivity contribution >= 4 is 53.8 Å². The fourth-order valence-electron chi connectivity index (χ4n) is 11.0. The third-order valence-corrected chi connectivity index (χ3v) is 15.4. The summed E-state index contributed by atoms with van der Waals surface area (Å²) in [4.78, 5) is 117. The first-order chi connectivity index (χ1) is 41.8. The van der Waals surface area contributed by atoms with Crippen LogP contribution in [-0.2, 0) is 90.5 Å². The molecule has 2 heterocycles. The van der Waals surface area contributed by atoms with E-state index in [4.69, 9.17) is 52.1 Å². The minimum absolute atomic E-state index is 0.334. The SMILES string of the molecule is CCCCCCCCCCCCCCCCCCN(CCCCCCCCCCCCCCCCCC)C(=O)CNC(=O)O[C@@H]1O[C@H](COC(C)=O)[C@@H](O[C@@H]2O[C@H](COC(C)=O)[C@H](OC(C)=O)[C@H](OC(C)=O)[C@H]2OC(C)=O)[C@H](OC(C)=O)[C@H]1OC(C)=O. The second-order valence-electron chi connectivity index (χ2n) is 23.4. The van der Waals surface area contributed by atoms with Gasteiger partial charge < -0.3 is 62.3 Å². The van der Waals surface area contributed by atoms with Crippen molar-refractivity contribution in [2.45, 2.75) is 329 Å². The molecule has 0 spiro atoms. The van der Waals surface area contributed by atoms with Crippen molar-refractivity contribution in [3.63, 3.8) is 0 Å². The van der Waals surface area contributed by atoms with Crippen molar-refractivity contribution in [2.75, 3.05) is 32.8 Å². The van der Waals surface area contributed by atoms with Crippen LogP contribution in [0.1, 0.15) is 268 Å². The van der Waals surface area contributed by atoms with Gasteiger partial charge in [0.2, 0.25) is 18.3 Å².